The average molecular weight is 575 g/mol. The molecule has 220 valence electrons. The van der Waals surface area contributed by atoms with Gasteiger partial charge in [0, 0.05) is 68.5 Å². The number of allylic oxidation sites excluding steroid dienone is 1. The van der Waals surface area contributed by atoms with Crippen molar-refractivity contribution in [1.29, 1.82) is 0 Å². The number of pyridine rings is 2. The van der Waals surface area contributed by atoms with Crippen LogP contribution >= 0.6 is 0 Å². The third kappa shape index (κ3) is 7.48. The number of anilines is 1. The van der Waals surface area contributed by atoms with Crippen LogP contribution < -0.4 is 15.4 Å². The summed E-state index contributed by atoms with van der Waals surface area (Å²) in [4.78, 5) is 36.7. The Morgan fingerprint density at radius 2 is 1.88 bits per heavy atom. The molecule has 2 aliphatic rings. The third-order valence-electron chi connectivity index (χ3n) is 7.36. The normalized spacial score (nSPS) is 15.8. The van der Waals surface area contributed by atoms with E-state index in [2.05, 4.69) is 25.5 Å². The van der Waals surface area contributed by atoms with Crippen LogP contribution in [0.25, 0.3) is 11.6 Å². The van der Waals surface area contributed by atoms with Crippen LogP contribution in [0.3, 0.4) is 0 Å². The second-order valence-electron chi connectivity index (χ2n) is 10.6. The summed E-state index contributed by atoms with van der Waals surface area (Å²) in [5, 5.41) is 14.5. The molecule has 0 unspecified atom stereocenters. The van der Waals surface area contributed by atoms with Crippen LogP contribution in [0.5, 0.6) is 11.5 Å². The van der Waals surface area contributed by atoms with Crippen LogP contribution in [-0.4, -0.2) is 75.6 Å². The molecule has 42 heavy (non-hydrogen) atoms. The van der Waals surface area contributed by atoms with E-state index < -0.39 is 12.4 Å². The standard InChI is InChI=1S/C31H35FN6O4/c1-20(26-7-3-22(17-34-26)18-37-11-13-38(14-12-37)30(40)19-39)15-27-21(2)28(9-10-33-27)42-29-8-6-24(16-25(29)32)36-31(41)35-23-4-5-23/h3,6-10,15-17,23,39H,4-5,11-14,18-19H2,1-2H3,(H2,35,36,41)/b20-15+. The number of aliphatic hydroxyl groups is 1. The lowest BCUT2D eigenvalue weighted by molar-refractivity contribution is -0.136. The van der Waals surface area contributed by atoms with Gasteiger partial charge in [0.1, 0.15) is 12.4 Å². The highest BCUT2D eigenvalue weighted by Gasteiger charge is 2.23. The number of urea groups is 1. The maximum absolute atomic E-state index is 14.8. The Balaban J connectivity index is 1.20. The Morgan fingerprint density at radius 3 is 2.55 bits per heavy atom. The van der Waals surface area contributed by atoms with Gasteiger partial charge in [0.2, 0.25) is 5.91 Å². The molecule has 2 aromatic heterocycles. The summed E-state index contributed by atoms with van der Waals surface area (Å²) in [5.74, 6) is -0.301. The highest BCUT2D eigenvalue weighted by Crippen LogP contribution is 2.31. The predicted octanol–water partition coefficient (Wildman–Crippen LogP) is 4.20. The molecule has 3 N–H and O–H groups in total. The lowest BCUT2D eigenvalue weighted by Crippen LogP contribution is -2.49. The molecular weight excluding hydrogens is 539 g/mol. The molecule has 5 rings (SSSR count). The van der Waals surface area contributed by atoms with Gasteiger partial charge in [-0.2, -0.15) is 0 Å². The van der Waals surface area contributed by atoms with Crippen molar-refractivity contribution in [2.45, 2.75) is 39.3 Å². The molecule has 1 saturated carbocycles. The van der Waals surface area contributed by atoms with Crippen molar-refractivity contribution >= 4 is 29.3 Å². The zero-order chi connectivity index (χ0) is 29.6. The highest BCUT2D eigenvalue weighted by molar-refractivity contribution is 5.89. The molecule has 10 nitrogen and oxygen atoms in total. The number of hydrogen-bond acceptors (Lipinski definition) is 7. The van der Waals surface area contributed by atoms with Crippen molar-refractivity contribution in [3.8, 4) is 11.5 Å². The smallest absolute Gasteiger partial charge is 0.319 e. The number of ether oxygens (including phenoxy) is 1. The van der Waals surface area contributed by atoms with Gasteiger partial charge in [-0.1, -0.05) is 6.07 Å². The quantitative estimate of drug-likeness (QED) is 0.351. The van der Waals surface area contributed by atoms with Crippen molar-refractivity contribution in [2.24, 2.45) is 0 Å². The molecule has 1 aliphatic carbocycles. The summed E-state index contributed by atoms with van der Waals surface area (Å²) in [6.07, 6.45) is 7.33. The fourth-order valence-corrected chi connectivity index (χ4v) is 4.69. The number of aromatic nitrogens is 2. The SMILES string of the molecule is C/C(=C\c1nccc(Oc2ccc(NC(=O)NC3CC3)cc2F)c1C)c1ccc(CN2CCN(C(=O)CO)CC2)cn1. The molecule has 3 amide bonds. The van der Waals surface area contributed by atoms with Gasteiger partial charge in [0.25, 0.3) is 0 Å². The van der Waals surface area contributed by atoms with Gasteiger partial charge in [-0.15, -0.1) is 0 Å². The van der Waals surface area contributed by atoms with Crippen LogP contribution in [0.15, 0.2) is 48.8 Å². The maximum Gasteiger partial charge on any atom is 0.319 e. The summed E-state index contributed by atoms with van der Waals surface area (Å²) in [7, 11) is 0. The lowest BCUT2D eigenvalue weighted by Gasteiger charge is -2.34. The van der Waals surface area contributed by atoms with Crippen LogP contribution in [0.1, 0.15) is 42.3 Å². The number of carbonyl (C=O) groups excluding carboxylic acids is 2. The van der Waals surface area contributed by atoms with Crippen molar-refractivity contribution in [2.75, 3.05) is 38.1 Å². The Kier molecular flexibility index (Phi) is 9.09. The van der Waals surface area contributed by atoms with Crippen molar-refractivity contribution in [3.63, 3.8) is 0 Å². The predicted molar refractivity (Wildman–Crippen MR) is 157 cm³/mol. The van der Waals surface area contributed by atoms with E-state index in [1.54, 1.807) is 23.2 Å². The number of amides is 3. The first kappa shape index (κ1) is 29.2. The molecule has 0 radical (unpaired) electrons. The van der Waals surface area contributed by atoms with Crippen LogP contribution in [0, 0.1) is 12.7 Å². The summed E-state index contributed by atoms with van der Waals surface area (Å²) >= 11 is 0. The van der Waals surface area contributed by atoms with E-state index in [1.807, 2.05) is 38.3 Å². The van der Waals surface area contributed by atoms with E-state index in [1.165, 1.54) is 12.1 Å². The van der Waals surface area contributed by atoms with Gasteiger partial charge in [0.05, 0.1) is 11.4 Å². The minimum atomic E-state index is -0.589. The minimum absolute atomic E-state index is 0.0442. The van der Waals surface area contributed by atoms with E-state index in [-0.39, 0.29) is 23.7 Å². The first-order valence-electron chi connectivity index (χ1n) is 14.0. The van der Waals surface area contributed by atoms with Crippen molar-refractivity contribution in [3.05, 3.63) is 77.1 Å². The minimum Gasteiger partial charge on any atom is -0.454 e. The number of piperazine rings is 1. The van der Waals surface area contributed by atoms with Gasteiger partial charge in [-0.3, -0.25) is 19.7 Å². The zero-order valence-electron chi connectivity index (χ0n) is 23.8. The molecule has 2 fully saturated rings. The van der Waals surface area contributed by atoms with Crippen LogP contribution in [-0.2, 0) is 11.3 Å². The topological polar surface area (TPSA) is 120 Å². The summed E-state index contributed by atoms with van der Waals surface area (Å²) < 4.78 is 20.7. The molecule has 1 saturated heterocycles. The second-order valence-corrected chi connectivity index (χ2v) is 10.6. The fourth-order valence-electron chi connectivity index (χ4n) is 4.69. The number of nitrogens with zero attached hydrogens (tertiary/aromatic N) is 4. The lowest BCUT2D eigenvalue weighted by atomic mass is 10.1. The van der Waals surface area contributed by atoms with Crippen LogP contribution in [0.4, 0.5) is 14.9 Å². The van der Waals surface area contributed by atoms with Gasteiger partial charge < -0.3 is 25.4 Å². The van der Waals surface area contributed by atoms with Gasteiger partial charge in [-0.25, -0.2) is 9.18 Å². The van der Waals surface area contributed by atoms with Crippen molar-refractivity contribution in [1.82, 2.24) is 25.1 Å². The monoisotopic (exact) mass is 574 g/mol. The number of benzene rings is 1. The zero-order valence-corrected chi connectivity index (χ0v) is 23.8. The first-order valence-corrected chi connectivity index (χ1v) is 14.0. The second kappa shape index (κ2) is 13.1. The molecule has 3 heterocycles. The van der Waals surface area contributed by atoms with Crippen molar-refractivity contribution < 1.29 is 23.8 Å². The number of aliphatic hydroxyl groups excluding tert-OH is 1. The van der Waals surface area contributed by atoms with E-state index in [0.29, 0.717) is 30.2 Å². The number of halogens is 1. The van der Waals surface area contributed by atoms with Gasteiger partial charge in [0.15, 0.2) is 11.6 Å². The number of rotatable bonds is 9. The maximum atomic E-state index is 14.8. The first-order chi connectivity index (χ1) is 20.3. The van der Waals surface area contributed by atoms with Gasteiger partial charge in [-0.05, 0) is 68.2 Å². The molecule has 11 heteroatoms. The molecule has 0 atom stereocenters. The van der Waals surface area contributed by atoms with E-state index in [4.69, 9.17) is 9.84 Å². The van der Waals surface area contributed by atoms with Gasteiger partial charge >= 0.3 is 6.03 Å². The van der Waals surface area contributed by atoms with E-state index in [0.717, 1.165) is 54.9 Å². The molecule has 0 spiro atoms. The number of carbonyl (C=O) groups is 2. The summed E-state index contributed by atoms with van der Waals surface area (Å²) in [6, 6.07) is 9.88. The highest BCUT2D eigenvalue weighted by atomic mass is 19.1. The summed E-state index contributed by atoms with van der Waals surface area (Å²) in [6.45, 7) is 6.82. The Bertz CT molecular complexity index is 1470. The van der Waals surface area contributed by atoms with E-state index >= 15 is 0 Å². The Labute approximate surface area is 244 Å². The number of nitrogens with one attached hydrogen (secondary N) is 2. The molecule has 3 aromatic rings. The summed E-state index contributed by atoms with van der Waals surface area (Å²) in [5.41, 5.74) is 4.57. The van der Waals surface area contributed by atoms with Crippen LogP contribution in [0.2, 0.25) is 0 Å². The fraction of sp³-hybridized carbons (Fsp3) is 0.355. The largest absolute Gasteiger partial charge is 0.454 e. The molecule has 0 bridgehead atoms. The average Bonchev–Trinajstić information content (AvgIpc) is 3.80. The Hall–Kier alpha value is -4.35. The third-order valence-corrected chi connectivity index (χ3v) is 7.36. The molecule has 1 aromatic carbocycles. The molecule has 1 aliphatic heterocycles. The Morgan fingerprint density at radius 1 is 1.10 bits per heavy atom. The number of hydrogen-bond donors (Lipinski definition) is 3. The van der Waals surface area contributed by atoms with E-state index in [9.17, 15) is 14.0 Å². The molecular formula is C31H35FN6O4.